The molecule has 1 aromatic rings. The molecule has 1 atom stereocenters. The zero-order valence-corrected chi connectivity index (χ0v) is 12.4. The number of hydrogen-bond acceptors (Lipinski definition) is 2. The Hall–Kier alpha value is -1.33. The standard InChI is InChI=1S/C18H23NO/c1-16(2)9-11-18(20,12-10-16)17(13-19)8-7-14-5-3-4-6-15(14)17/h3-6,20H,7-12H2,1-2H3. The van der Waals surface area contributed by atoms with Crippen LogP contribution in [0.4, 0.5) is 0 Å². The van der Waals surface area contributed by atoms with E-state index in [4.69, 9.17) is 0 Å². The molecular weight excluding hydrogens is 246 g/mol. The molecule has 3 rings (SSSR count). The van der Waals surface area contributed by atoms with Crippen molar-refractivity contribution >= 4 is 0 Å². The van der Waals surface area contributed by atoms with Gasteiger partial charge in [-0.05, 0) is 55.1 Å². The lowest BCUT2D eigenvalue weighted by molar-refractivity contribution is -0.0701. The molecule has 0 amide bonds. The summed E-state index contributed by atoms with van der Waals surface area (Å²) in [6.45, 7) is 4.52. The normalized spacial score (nSPS) is 30.5. The molecule has 2 heteroatoms. The maximum atomic E-state index is 11.3. The van der Waals surface area contributed by atoms with Crippen LogP contribution in [0.2, 0.25) is 0 Å². The van der Waals surface area contributed by atoms with Gasteiger partial charge in [0.1, 0.15) is 5.41 Å². The highest BCUT2D eigenvalue weighted by Crippen LogP contribution is 2.54. The van der Waals surface area contributed by atoms with Gasteiger partial charge in [-0.1, -0.05) is 38.1 Å². The van der Waals surface area contributed by atoms with Gasteiger partial charge in [-0.3, -0.25) is 0 Å². The lowest BCUT2D eigenvalue weighted by atomic mass is 9.59. The first-order valence-corrected chi connectivity index (χ1v) is 7.65. The van der Waals surface area contributed by atoms with Gasteiger partial charge in [-0.15, -0.1) is 0 Å². The summed E-state index contributed by atoms with van der Waals surface area (Å²) in [5.74, 6) is 0. The van der Waals surface area contributed by atoms with Crippen LogP contribution >= 0.6 is 0 Å². The van der Waals surface area contributed by atoms with Crippen molar-refractivity contribution in [3.05, 3.63) is 35.4 Å². The maximum Gasteiger partial charge on any atom is 0.111 e. The van der Waals surface area contributed by atoms with Crippen molar-refractivity contribution in [3.63, 3.8) is 0 Å². The van der Waals surface area contributed by atoms with Crippen LogP contribution in [0.3, 0.4) is 0 Å². The second kappa shape index (κ2) is 4.33. The molecule has 0 radical (unpaired) electrons. The Morgan fingerprint density at radius 2 is 1.70 bits per heavy atom. The molecule has 0 spiro atoms. The van der Waals surface area contributed by atoms with Crippen molar-refractivity contribution in [1.29, 1.82) is 5.26 Å². The maximum absolute atomic E-state index is 11.3. The molecule has 0 aromatic heterocycles. The Morgan fingerprint density at radius 3 is 2.35 bits per heavy atom. The van der Waals surface area contributed by atoms with E-state index >= 15 is 0 Å². The molecule has 1 unspecified atom stereocenters. The van der Waals surface area contributed by atoms with Gasteiger partial charge in [0.2, 0.25) is 0 Å². The summed E-state index contributed by atoms with van der Waals surface area (Å²) in [6, 6.07) is 10.7. The zero-order valence-electron chi connectivity index (χ0n) is 12.4. The highest BCUT2D eigenvalue weighted by Gasteiger charge is 2.56. The molecule has 106 valence electrons. The summed E-state index contributed by atoms with van der Waals surface area (Å²) in [5.41, 5.74) is 1.06. The van der Waals surface area contributed by atoms with Crippen LogP contribution in [0.25, 0.3) is 0 Å². The van der Waals surface area contributed by atoms with E-state index in [1.54, 1.807) is 0 Å². The van der Waals surface area contributed by atoms with Crippen molar-refractivity contribution in [2.24, 2.45) is 5.41 Å². The number of benzene rings is 1. The predicted molar refractivity (Wildman–Crippen MR) is 79.3 cm³/mol. The molecule has 1 N–H and O–H groups in total. The Balaban J connectivity index is 2.02. The topological polar surface area (TPSA) is 44.0 Å². The third-order valence-electron chi connectivity index (χ3n) is 5.66. The van der Waals surface area contributed by atoms with Crippen molar-refractivity contribution in [2.75, 3.05) is 0 Å². The summed E-state index contributed by atoms with van der Waals surface area (Å²) in [5, 5.41) is 21.2. The van der Waals surface area contributed by atoms with Crippen LogP contribution in [0.5, 0.6) is 0 Å². The van der Waals surface area contributed by atoms with Gasteiger partial charge >= 0.3 is 0 Å². The molecule has 1 aromatic carbocycles. The Kier molecular flexibility index (Phi) is 2.95. The first kappa shape index (κ1) is 13.6. The number of rotatable bonds is 1. The summed E-state index contributed by atoms with van der Waals surface area (Å²) in [6.07, 6.45) is 5.14. The molecular formula is C18H23NO. The van der Waals surface area contributed by atoms with E-state index in [0.717, 1.165) is 44.1 Å². The molecule has 1 saturated carbocycles. The van der Waals surface area contributed by atoms with Gasteiger partial charge in [0.25, 0.3) is 0 Å². The predicted octanol–water partition coefficient (Wildman–Crippen LogP) is 3.73. The van der Waals surface area contributed by atoms with E-state index < -0.39 is 11.0 Å². The van der Waals surface area contributed by atoms with Crippen molar-refractivity contribution in [2.45, 2.75) is 63.4 Å². The van der Waals surface area contributed by atoms with Crippen molar-refractivity contribution < 1.29 is 5.11 Å². The minimum atomic E-state index is -0.857. The van der Waals surface area contributed by atoms with Crippen LogP contribution in [0.15, 0.2) is 24.3 Å². The van der Waals surface area contributed by atoms with Gasteiger partial charge in [0.05, 0.1) is 11.7 Å². The number of nitriles is 1. The van der Waals surface area contributed by atoms with E-state index in [9.17, 15) is 10.4 Å². The highest BCUT2D eigenvalue weighted by atomic mass is 16.3. The Morgan fingerprint density at radius 1 is 1.05 bits per heavy atom. The van der Waals surface area contributed by atoms with Crippen LogP contribution in [0.1, 0.15) is 57.1 Å². The van der Waals surface area contributed by atoms with Gasteiger partial charge in [-0.2, -0.15) is 5.26 Å². The molecule has 0 bridgehead atoms. The minimum Gasteiger partial charge on any atom is -0.388 e. The van der Waals surface area contributed by atoms with Gasteiger partial charge < -0.3 is 5.11 Å². The monoisotopic (exact) mass is 269 g/mol. The summed E-state index contributed by atoms with van der Waals surface area (Å²) in [4.78, 5) is 0. The fourth-order valence-electron chi connectivity index (χ4n) is 4.08. The van der Waals surface area contributed by atoms with Crippen LogP contribution < -0.4 is 0 Å². The van der Waals surface area contributed by atoms with E-state index in [1.165, 1.54) is 5.56 Å². The first-order valence-electron chi connectivity index (χ1n) is 7.65. The largest absolute Gasteiger partial charge is 0.388 e. The summed E-state index contributed by atoms with van der Waals surface area (Å²) in [7, 11) is 0. The fourth-order valence-corrected chi connectivity index (χ4v) is 4.08. The lowest BCUT2D eigenvalue weighted by Crippen LogP contribution is -2.52. The molecule has 2 aliphatic carbocycles. The van der Waals surface area contributed by atoms with Crippen molar-refractivity contribution in [1.82, 2.24) is 0 Å². The number of aryl methyl sites for hydroxylation is 1. The van der Waals surface area contributed by atoms with Crippen molar-refractivity contribution in [3.8, 4) is 6.07 Å². The number of fused-ring (bicyclic) bond motifs is 1. The molecule has 0 saturated heterocycles. The van der Waals surface area contributed by atoms with Gasteiger partial charge in [0.15, 0.2) is 0 Å². The fraction of sp³-hybridized carbons (Fsp3) is 0.611. The number of nitrogens with zero attached hydrogens (tertiary/aromatic N) is 1. The quantitative estimate of drug-likeness (QED) is 0.844. The molecule has 2 aliphatic rings. The summed E-state index contributed by atoms with van der Waals surface area (Å²) < 4.78 is 0. The first-order chi connectivity index (χ1) is 9.43. The summed E-state index contributed by atoms with van der Waals surface area (Å²) >= 11 is 0. The highest BCUT2D eigenvalue weighted by molar-refractivity contribution is 5.47. The second-order valence-corrected chi connectivity index (χ2v) is 7.37. The molecule has 0 aliphatic heterocycles. The van der Waals surface area contributed by atoms with E-state index in [1.807, 2.05) is 18.2 Å². The van der Waals surface area contributed by atoms with E-state index in [2.05, 4.69) is 26.0 Å². The van der Waals surface area contributed by atoms with Gasteiger partial charge in [-0.25, -0.2) is 0 Å². The van der Waals surface area contributed by atoms with Crippen LogP contribution in [0, 0.1) is 16.7 Å². The van der Waals surface area contributed by atoms with Crippen LogP contribution in [-0.4, -0.2) is 10.7 Å². The molecule has 0 heterocycles. The zero-order chi connectivity index (χ0) is 14.4. The third-order valence-corrected chi connectivity index (χ3v) is 5.66. The second-order valence-electron chi connectivity index (χ2n) is 7.37. The van der Waals surface area contributed by atoms with E-state index in [0.29, 0.717) is 5.41 Å². The number of aliphatic hydroxyl groups is 1. The minimum absolute atomic E-state index is 0.293. The average Bonchev–Trinajstić information content (AvgIpc) is 2.83. The SMILES string of the molecule is CC1(C)CCC(O)(C2(C#N)CCc3ccccc32)CC1. The Labute approximate surface area is 121 Å². The average molecular weight is 269 g/mol. The third kappa shape index (κ3) is 1.80. The molecule has 2 nitrogen and oxygen atoms in total. The molecule has 20 heavy (non-hydrogen) atoms. The lowest BCUT2D eigenvalue weighted by Gasteiger charge is -2.47. The Bertz CT molecular complexity index is 559. The smallest absolute Gasteiger partial charge is 0.111 e. The van der Waals surface area contributed by atoms with E-state index in [-0.39, 0.29) is 0 Å². The van der Waals surface area contributed by atoms with Gasteiger partial charge in [0, 0.05) is 0 Å². The van der Waals surface area contributed by atoms with Crippen LogP contribution in [-0.2, 0) is 11.8 Å². The number of hydrogen-bond donors (Lipinski definition) is 1. The molecule has 1 fully saturated rings.